The van der Waals surface area contributed by atoms with Crippen molar-refractivity contribution in [1.82, 2.24) is 5.32 Å². The van der Waals surface area contributed by atoms with Crippen LogP contribution < -0.4 is 14.8 Å². The van der Waals surface area contributed by atoms with E-state index in [0.29, 0.717) is 23.9 Å². The highest BCUT2D eigenvalue weighted by Gasteiger charge is 2.40. The number of hydrogen-bond acceptors (Lipinski definition) is 6. The van der Waals surface area contributed by atoms with Gasteiger partial charge in [0.25, 0.3) is 0 Å². The van der Waals surface area contributed by atoms with Crippen LogP contribution in [0.2, 0.25) is 5.02 Å². The van der Waals surface area contributed by atoms with E-state index in [-0.39, 0.29) is 17.6 Å². The highest BCUT2D eigenvalue weighted by molar-refractivity contribution is 6.30. The Kier molecular flexibility index (Phi) is 8.08. The first kappa shape index (κ1) is 26.1. The molecule has 1 aliphatic heterocycles. The van der Waals surface area contributed by atoms with Gasteiger partial charge in [0.2, 0.25) is 5.76 Å². The van der Waals surface area contributed by atoms with Gasteiger partial charge in [0.1, 0.15) is 24.0 Å². The summed E-state index contributed by atoms with van der Waals surface area (Å²) in [6, 6.07) is 5.36. The van der Waals surface area contributed by atoms with Crippen LogP contribution in [0.4, 0.5) is 26.3 Å². The molecule has 8 nitrogen and oxygen atoms in total. The van der Waals surface area contributed by atoms with Gasteiger partial charge in [-0.25, -0.2) is 9.59 Å². The quantitative estimate of drug-likeness (QED) is 0.500. The van der Waals surface area contributed by atoms with Gasteiger partial charge in [0.15, 0.2) is 11.5 Å². The van der Waals surface area contributed by atoms with Crippen LogP contribution in [-0.2, 0) is 17.6 Å². The van der Waals surface area contributed by atoms with Crippen LogP contribution in [0.3, 0.4) is 0 Å². The number of aromatic carboxylic acids is 1. The molecule has 0 atom stereocenters. The third-order valence-electron chi connectivity index (χ3n) is 3.83. The van der Waals surface area contributed by atoms with E-state index in [1.807, 2.05) is 0 Å². The Bertz CT molecular complexity index is 1000. The zero-order valence-corrected chi connectivity index (χ0v) is 16.8. The summed E-state index contributed by atoms with van der Waals surface area (Å²) in [5.74, 6) is -5.75. The summed E-state index contributed by atoms with van der Waals surface area (Å²) in [5, 5.41) is 19.5. The predicted molar refractivity (Wildman–Crippen MR) is 97.4 cm³/mol. The lowest BCUT2D eigenvalue weighted by Gasteiger charge is -2.28. The van der Waals surface area contributed by atoms with E-state index in [9.17, 15) is 31.1 Å². The molecule has 0 saturated carbocycles. The van der Waals surface area contributed by atoms with Crippen molar-refractivity contribution in [2.75, 3.05) is 13.1 Å². The SMILES string of the molecule is O=C(O)C(F)(F)F.O=C(O)c1cc(COc2ccc(Cl)cc2OC2CNC2)oc1C(F)(F)F. The summed E-state index contributed by atoms with van der Waals surface area (Å²) < 4.78 is 86.0. The van der Waals surface area contributed by atoms with E-state index in [1.165, 1.54) is 18.2 Å². The van der Waals surface area contributed by atoms with Crippen molar-refractivity contribution in [3.63, 3.8) is 0 Å². The molecule has 1 aromatic heterocycles. The fraction of sp³-hybridized carbons (Fsp3) is 0.333. The number of aliphatic carboxylic acids is 1. The van der Waals surface area contributed by atoms with Crippen LogP contribution >= 0.6 is 11.6 Å². The molecule has 33 heavy (non-hydrogen) atoms. The highest BCUT2D eigenvalue weighted by atomic mass is 35.5. The van der Waals surface area contributed by atoms with Crippen molar-refractivity contribution in [3.05, 3.63) is 46.4 Å². The molecule has 2 heterocycles. The van der Waals surface area contributed by atoms with Crippen LogP contribution in [0.15, 0.2) is 28.7 Å². The molecule has 3 rings (SSSR count). The molecule has 0 spiro atoms. The van der Waals surface area contributed by atoms with Gasteiger partial charge in [-0.15, -0.1) is 0 Å². The Balaban J connectivity index is 0.000000479. The summed E-state index contributed by atoms with van der Waals surface area (Å²) in [5.41, 5.74) is -0.968. The van der Waals surface area contributed by atoms with E-state index in [0.717, 1.165) is 6.07 Å². The first-order valence-electron chi connectivity index (χ1n) is 8.71. The fourth-order valence-corrected chi connectivity index (χ4v) is 2.41. The standard InChI is InChI=1S/C16H13ClF3NO5.C2HF3O2/c17-8-1-2-12(13(3-8)25-10-5-21-6-10)24-7-9-4-11(15(22)23)14(26-9)16(18,19)20;3-2(4,5)1(6)7/h1-4,10,21H,5-7H2,(H,22,23);(H,6,7). The van der Waals surface area contributed by atoms with Crippen molar-refractivity contribution in [1.29, 1.82) is 0 Å². The minimum atomic E-state index is -5.08. The third-order valence-corrected chi connectivity index (χ3v) is 4.06. The zero-order valence-electron chi connectivity index (χ0n) is 16.1. The molecule has 0 aliphatic carbocycles. The number of alkyl halides is 6. The van der Waals surface area contributed by atoms with Gasteiger partial charge in [-0.1, -0.05) is 11.6 Å². The monoisotopic (exact) mass is 505 g/mol. The Morgan fingerprint density at radius 3 is 2.12 bits per heavy atom. The Morgan fingerprint density at radius 2 is 1.70 bits per heavy atom. The van der Waals surface area contributed by atoms with Gasteiger partial charge in [-0.2, -0.15) is 26.3 Å². The van der Waals surface area contributed by atoms with Gasteiger partial charge in [0.05, 0.1) is 0 Å². The molecule has 0 unspecified atom stereocenters. The number of furan rings is 1. The van der Waals surface area contributed by atoms with Crippen molar-refractivity contribution in [2.24, 2.45) is 0 Å². The van der Waals surface area contributed by atoms with Crippen molar-refractivity contribution in [2.45, 2.75) is 25.1 Å². The number of ether oxygens (including phenoxy) is 2. The Labute approximate surface area is 185 Å². The second-order valence-corrected chi connectivity index (χ2v) is 6.78. The molecule has 1 saturated heterocycles. The van der Waals surface area contributed by atoms with Crippen molar-refractivity contribution in [3.8, 4) is 11.5 Å². The van der Waals surface area contributed by atoms with E-state index >= 15 is 0 Å². The third kappa shape index (κ3) is 7.46. The maximum absolute atomic E-state index is 12.8. The van der Waals surface area contributed by atoms with E-state index in [2.05, 4.69) is 9.73 Å². The lowest BCUT2D eigenvalue weighted by atomic mass is 10.2. The van der Waals surface area contributed by atoms with Gasteiger partial charge in [-0.3, -0.25) is 0 Å². The van der Waals surface area contributed by atoms with Gasteiger partial charge < -0.3 is 29.4 Å². The summed E-state index contributed by atoms with van der Waals surface area (Å²) in [6.45, 7) is 0.902. The lowest BCUT2D eigenvalue weighted by Crippen LogP contribution is -2.50. The number of hydrogen-bond donors (Lipinski definition) is 3. The van der Waals surface area contributed by atoms with Crippen LogP contribution in [0, 0.1) is 0 Å². The molecule has 182 valence electrons. The van der Waals surface area contributed by atoms with Crippen molar-refractivity contribution >= 4 is 23.5 Å². The Morgan fingerprint density at radius 1 is 1.09 bits per heavy atom. The molecule has 0 amide bonds. The van der Waals surface area contributed by atoms with E-state index < -0.39 is 42.2 Å². The molecule has 1 fully saturated rings. The second kappa shape index (κ2) is 10.2. The molecule has 15 heteroatoms. The minimum Gasteiger partial charge on any atom is -0.484 e. The van der Waals surface area contributed by atoms with Crippen LogP contribution in [0.5, 0.6) is 11.5 Å². The number of carbonyl (C=O) groups is 2. The van der Waals surface area contributed by atoms with Gasteiger partial charge in [-0.05, 0) is 18.2 Å². The summed E-state index contributed by atoms with van der Waals surface area (Å²) in [7, 11) is 0. The second-order valence-electron chi connectivity index (χ2n) is 6.34. The van der Waals surface area contributed by atoms with Gasteiger partial charge in [0, 0.05) is 24.2 Å². The average molecular weight is 506 g/mol. The molecule has 1 aliphatic rings. The normalized spacial score (nSPS) is 14.0. The summed E-state index contributed by atoms with van der Waals surface area (Å²) in [4.78, 5) is 19.9. The maximum atomic E-state index is 12.8. The van der Waals surface area contributed by atoms with E-state index in [4.69, 9.17) is 36.1 Å². The molecule has 3 N–H and O–H groups in total. The van der Waals surface area contributed by atoms with Gasteiger partial charge >= 0.3 is 24.3 Å². The average Bonchev–Trinajstić information content (AvgIpc) is 3.09. The van der Waals surface area contributed by atoms with E-state index in [1.54, 1.807) is 0 Å². The molecular formula is C18H14ClF6NO7. The lowest BCUT2D eigenvalue weighted by molar-refractivity contribution is -0.192. The number of nitrogens with one attached hydrogen (secondary N) is 1. The van der Waals surface area contributed by atoms with Crippen LogP contribution in [-0.4, -0.2) is 47.5 Å². The molecule has 1 aromatic carbocycles. The first-order valence-corrected chi connectivity index (χ1v) is 9.09. The number of carboxylic acid groups (broad SMARTS) is 2. The maximum Gasteiger partial charge on any atom is 0.490 e. The highest BCUT2D eigenvalue weighted by Crippen LogP contribution is 2.36. The molecule has 0 radical (unpaired) electrons. The first-order chi connectivity index (χ1) is 15.2. The number of carboxylic acids is 2. The number of benzene rings is 1. The summed E-state index contributed by atoms with van der Waals surface area (Å²) in [6.07, 6.45) is -10.1. The molecular weight excluding hydrogens is 492 g/mol. The topological polar surface area (TPSA) is 118 Å². The van der Waals surface area contributed by atoms with Crippen LogP contribution in [0.1, 0.15) is 21.9 Å². The predicted octanol–water partition coefficient (Wildman–Crippen LogP) is 4.21. The Hall–Kier alpha value is -3.13. The zero-order chi connectivity index (χ0) is 25.0. The largest absolute Gasteiger partial charge is 0.490 e. The molecule has 0 bridgehead atoms. The fourth-order valence-electron chi connectivity index (χ4n) is 2.25. The minimum absolute atomic E-state index is 0.0603. The van der Waals surface area contributed by atoms with Crippen LogP contribution in [0.25, 0.3) is 0 Å². The molecule has 2 aromatic rings. The van der Waals surface area contributed by atoms with Crippen molar-refractivity contribution < 1.29 is 60.0 Å². The number of halogens is 7. The number of rotatable bonds is 6. The summed E-state index contributed by atoms with van der Waals surface area (Å²) >= 11 is 5.93. The smallest absolute Gasteiger partial charge is 0.484 e.